The summed E-state index contributed by atoms with van der Waals surface area (Å²) in [5.74, 6) is 0.305. The van der Waals surface area contributed by atoms with E-state index in [2.05, 4.69) is 4.98 Å². The first-order valence-electron chi connectivity index (χ1n) is 6.01. The maximum Gasteiger partial charge on any atom is 0.134 e. The molecule has 1 saturated carbocycles. The van der Waals surface area contributed by atoms with Gasteiger partial charge in [-0.1, -0.05) is 36.4 Å². The van der Waals surface area contributed by atoms with E-state index in [9.17, 15) is 5.11 Å². The van der Waals surface area contributed by atoms with Gasteiger partial charge in [0.2, 0.25) is 0 Å². The Kier molecular flexibility index (Phi) is 2.45. The Hall–Kier alpha value is -1.67. The van der Waals surface area contributed by atoms with E-state index in [1.165, 1.54) is 0 Å². The van der Waals surface area contributed by atoms with Crippen LogP contribution < -0.4 is 0 Å². The molecule has 1 N–H and O–H groups in total. The van der Waals surface area contributed by atoms with Crippen LogP contribution >= 0.6 is 0 Å². The van der Waals surface area contributed by atoms with Crippen LogP contribution in [0.1, 0.15) is 24.1 Å². The van der Waals surface area contributed by atoms with E-state index in [4.69, 9.17) is 0 Å². The quantitative estimate of drug-likeness (QED) is 0.871. The monoisotopic (exact) mass is 225 g/mol. The molecule has 3 rings (SSSR count). The second-order valence-electron chi connectivity index (χ2n) is 4.62. The molecule has 17 heavy (non-hydrogen) atoms. The Labute approximate surface area is 101 Å². The van der Waals surface area contributed by atoms with E-state index < -0.39 is 5.60 Å². The van der Waals surface area contributed by atoms with Crippen LogP contribution in [-0.2, 0) is 5.60 Å². The molecule has 2 aromatic rings. The van der Waals surface area contributed by atoms with Gasteiger partial charge in [0, 0.05) is 6.20 Å². The lowest BCUT2D eigenvalue weighted by molar-refractivity contribution is 0.0519. The normalized spacial score (nSPS) is 18.6. The molecule has 1 aromatic carbocycles. The van der Waals surface area contributed by atoms with Gasteiger partial charge in [0.1, 0.15) is 5.60 Å². The van der Waals surface area contributed by atoms with Gasteiger partial charge in [0.25, 0.3) is 0 Å². The van der Waals surface area contributed by atoms with Crippen molar-refractivity contribution in [3.8, 4) is 0 Å². The van der Waals surface area contributed by atoms with E-state index in [0.717, 1.165) is 24.1 Å². The minimum Gasteiger partial charge on any atom is -0.378 e. The Balaban J connectivity index is 2.11. The largest absolute Gasteiger partial charge is 0.378 e. The predicted molar refractivity (Wildman–Crippen MR) is 66.4 cm³/mol. The number of rotatable bonds is 3. The first-order valence-corrected chi connectivity index (χ1v) is 6.01. The van der Waals surface area contributed by atoms with Gasteiger partial charge in [0.15, 0.2) is 0 Å². The third kappa shape index (κ3) is 1.75. The van der Waals surface area contributed by atoms with Gasteiger partial charge < -0.3 is 5.11 Å². The van der Waals surface area contributed by atoms with Crippen molar-refractivity contribution in [1.29, 1.82) is 0 Å². The molecule has 0 spiro atoms. The molecule has 0 saturated heterocycles. The summed E-state index contributed by atoms with van der Waals surface area (Å²) in [7, 11) is 0. The summed E-state index contributed by atoms with van der Waals surface area (Å²) in [5.41, 5.74) is 0.789. The van der Waals surface area contributed by atoms with Gasteiger partial charge in [-0.15, -0.1) is 0 Å². The molecule has 86 valence electrons. The second-order valence-corrected chi connectivity index (χ2v) is 4.62. The van der Waals surface area contributed by atoms with Crippen LogP contribution in [0.15, 0.2) is 54.7 Å². The molecule has 1 aromatic heterocycles. The molecule has 0 bridgehead atoms. The zero-order chi connectivity index (χ0) is 11.7. The lowest BCUT2D eigenvalue weighted by Gasteiger charge is -2.28. The SMILES string of the molecule is OC(c1ccccc1)(c1ccccn1)C1CC1. The number of hydrogen-bond donors (Lipinski definition) is 1. The highest BCUT2D eigenvalue weighted by molar-refractivity contribution is 5.34. The summed E-state index contributed by atoms with van der Waals surface area (Å²) < 4.78 is 0. The molecule has 1 aliphatic rings. The van der Waals surface area contributed by atoms with E-state index in [1.54, 1.807) is 6.20 Å². The van der Waals surface area contributed by atoms with Crippen molar-refractivity contribution >= 4 is 0 Å². The fourth-order valence-electron chi connectivity index (χ4n) is 2.37. The molecular weight excluding hydrogens is 210 g/mol. The fraction of sp³-hybridized carbons (Fsp3) is 0.267. The number of aromatic nitrogens is 1. The molecule has 0 radical (unpaired) electrons. The lowest BCUT2D eigenvalue weighted by Crippen LogP contribution is -2.30. The molecule has 1 atom stereocenters. The molecule has 2 nitrogen and oxygen atoms in total. The van der Waals surface area contributed by atoms with Crippen LogP contribution in [0.4, 0.5) is 0 Å². The molecule has 1 heterocycles. The average molecular weight is 225 g/mol. The molecule has 1 fully saturated rings. The summed E-state index contributed by atoms with van der Waals surface area (Å²) in [6, 6.07) is 15.6. The molecule has 0 amide bonds. The van der Waals surface area contributed by atoms with Crippen LogP contribution in [0.5, 0.6) is 0 Å². The second kappa shape index (κ2) is 3.97. The third-order valence-electron chi connectivity index (χ3n) is 3.44. The summed E-state index contributed by atoms with van der Waals surface area (Å²) in [4.78, 5) is 4.34. The molecule has 1 unspecified atom stereocenters. The summed E-state index contributed by atoms with van der Waals surface area (Å²) in [6.45, 7) is 0. The van der Waals surface area contributed by atoms with Crippen LogP contribution in [0, 0.1) is 5.92 Å². The van der Waals surface area contributed by atoms with Crippen molar-refractivity contribution < 1.29 is 5.11 Å². The summed E-state index contributed by atoms with van der Waals surface area (Å²) in [5, 5.41) is 11.0. The highest BCUT2D eigenvalue weighted by atomic mass is 16.3. The summed E-state index contributed by atoms with van der Waals surface area (Å²) in [6.07, 6.45) is 3.88. The van der Waals surface area contributed by atoms with Crippen molar-refractivity contribution in [2.45, 2.75) is 18.4 Å². The Morgan fingerprint density at radius 1 is 1.00 bits per heavy atom. The van der Waals surface area contributed by atoms with Gasteiger partial charge in [0.05, 0.1) is 5.69 Å². The van der Waals surface area contributed by atoms with Crippen molar-refractivity contribution in [3.05, 3.63) is 66.0 Å². The standard InChI is InChI=1S/C15H15NO/c17-15(13-9-10-13,12-6-2-1-3-7-12)14-8-4-5-11-16-14/h1-8,11,13,17H,9-10H2. The Morgan fingerprint density at radius 2 is 1.71 bits per heavy atom. The predicted octanol–water partition coefficient (Wildman–Crippen LogP) is 2.73. The van der Waals surface area contributed by atoms with Gasteiger partial charge >= 0.3 is 0 Å². The summed E-state index contributed by atoms with van der Waals surface area (Å²) >= 11 is 0. The van der Waals surface area contributed by atoms with Crippen molar-refractivity contribution in [2.24, 2.45) is 5.92 Å². The van der Waals surface area contributed by atoms with E-state index in [1.807, 2.05) is 48.5 Å². The highest BCUT2D eigenvalue weighted by Gasteiger charge is 2.47. The number of benzene rings is 1. The number of hydrogen-bond acceptors (Lipinski definition) is 2. The maximum absolute atomic E-state index is 11.0. The van der Waals surface area contributed by atoms with Crippen molar-refractivity contribution in [2.75, 3.05) is 0 Å². The Morgan fingerprint density at radius 3 is 2.29 bits per heavy atom. The van der Waals surface area contributed by atoms with Crippen molar-refractivity contribution in [1.82, 2.24) is 4.98 Å². The zero-order valence-corrected chi connectivity index (χ0v) is 9.58. The highest BCUT2D eigenvalue weighted by Crippen LogP contribution is 2.48. The molecular formula is C15H15NO. The van der Waals surface area contributed by atoms with Gasteiger partial charge in [-0.3, -0.25) is 4.98 Å². The Bertz CT molecular complexity index is 451. The average Bonchev–Trinajstić information content (AvgIpc) is 3.24. The lowest BCUT2D eigenvalue weighted by atomic mass is 9.85. The van der Waals surface area contributed by atoms with Crippen LogP contribution in [-0.4, -0.2) is 10.1 Å². The van der Waals surface area contributed by atoms with Gasteiger partial charge in [-0.2, -0.15) is 0 Å². The van der Waals surface area contributed by atoms with Gasteiger partial charge in [-0.25, -0.2) is 0 Å². The van der Waals surface area contributed by atoms with Gasteiger partial charge in [-0.05, 0) is 36.5 Å². The maximum atomic E-state index is 11.0. The molecule has 0 aliphatic heterocycles. The minimum absolute atomic E-state index is 0.305. The van der Waals surface area contributed by atoms with E-state index >= 15 is 0 Å². The van der Waals surface area contributed by atoms with Crippen molar-refractivity contribution in [3.63, 3.8) is 0 Å². The molecule has 1 aliphatic carbocycles. The number of pyridine rings is 1. The molecule has 2 heteroatoms. The first-order chi connectivity index (χ1) is 8.32. The van der Waals surface area contributed by atoms with E-state index in [-0.39, 0.29) is 0 Å². The van der Waals surface area contributed by atoms with Crippen LogP contribution in [0.3, 0.4) is 0 Å². The number of nitrogens with zero attached hydrogens (tertiary/aromatic N) is 1. The minimum atomic E-state index is -0.914. The fourth-order valence-corrected chi connectivity index (χ4v) is 2.37. The first kappa shape index (κ1) is 10.5. The topological polar surface area (TPSA) is 33.1 Å². The third-order valence-corrected chi connectivity index (χ3v) is 3.44. The zero-order valence-electron chi connectivity index (χ0n) is 9.58. The smallest absolute Gasteiger partial charge is 0.134 e. The van der Waals surface area contributed by atoms with E-state index in [0.29, 0.717) is 5.92 Å². The number of aliphatic hydroxyl groups is 1. The van der Waals surface area contributed by atoms with Crippen LogP contribution in [0.2, 0.25) is 0 Å². The van der Waals surface area contributed by atoms with Crippen LogP contribution in [0.25, 0.3) is 0 Å².